The summed E-state index contributed by atoms with van der Waals surface area (Å²) in [7, 11) is 1.64. The van der Waals surface area contributed by atoms with E-state index in [1.807, 2.05) is 6.08 Å². The first kappa shape index (κ1) is 10.8. The minimum Gasteiger partial charge on any atom is -0.342 e. The van der Waals surface area contributed by atoms with Gasteiger partial charge in [-0.05, 0) is 12.8 Å². The van der Waals surface area contributed by atoms with E-state index in [1.54, 1.807) is 7.05 Å². The average Bonchev–Trinajstić information content (AvgIpc) is 2.18. The molecule has 4 heteroatoms. The molecule has 78 valence electrons. The summed E-state index contributed by atoms with van der Waals surface area (Å²) in [4.78, 5) is 24.0. The summed E-state index contributed by atoms with van der Waals surface area (Å²) in [6, 6.07) is 0. The molecule has 1 aliphatic rings. The van der Waals surface area contributed by atoms with E-state index >= 15 is 0 Å². The number of hydrogen-bond donors (Lipinski definition) is 1. The van der Waals surface area contributed by atoms with E-state index in [0.29, 0.717) is 5.70 Å². The van der Waals surface area contributed by atoms with Crippen molar-refractivity contribution in [1.29, 1.82) is 0 Å². The molecular weight excluding hydrogens is 180 g/mol. The zero-order chi connectivity index (χ0) is 10.6. The molecule has 0 spiro atoms. The third-order valence-electron chi connectivity index (χ3n) is 2.26. The second kappa shape index (κ2) is 4.79. The molecular formula is C10H16N2O2. The second-order valence-electron chi connectivity index (χ2n) is 3.37. The van der Waals surface area contributed by atoms with Crippen LogP contribution in [0.3, 0.4) is 0 Å². The van der Waals surface area contributed by atoms with E-state index in [2.05, 4.69) is 12.2 Å². The average molecular weight is 196 g/mol. The Hall–Kier alpha value is -1.32. The van der Waals surface area contributed by atoms with Crippen molar-refractivity contribution in [3.8, 4) is 0 Å². The highest BCUT2D eigenvalue weighted by molar-refractivity contribution is 6.02. The van der Waals surface area contributed by atoms with E-state index in [9.17, 15) is 9.59 Å². The van der Waals surface area contributed by atoms with Crippen LogP contribution in [0.2, 0.25) is 0 Å². The third-order valence-corrected chi connectivity index (χ3v) is 2.26. The van der Waals surface area contributed by atoms with Crippen LogP contribution in [0.15, 0.2) is 11.8 Å². The highest BCUT2D eigenvalue weighted by Crippen LogP contribution is 2.09. The zero-order valence-electron chi connectivity index (χ0n) is 8.67. The number of unbranched alkanes of at least 4 members (excludes halogenated alkanes) is 2. The normalized spacial score (nSPS) is 20.1. The predicted octanol–water partition coefficient (Wildman–Crippen LogP) is 0.649. The number of carbonyl (C=O) groups is 2. The fourth-order valence-electron chi connectivity index (χ4n) is 1.32. The van der Waals surface area contributed by atoms with E-state index in [0.717, 1.165) is 19.3 Å². The first-order chi connectivity index (χ1) is 6.66. The molecule has 1 saturated heterocycles. The number of piperazine rings is 1. The largest absolute Gasteiger partial charge is 0.342 e. The van der Waals surface area contributed by atoms with Crippen molar-refractivity contribution in [1.82, 2.24) is 10.2 Å². The van der Waals surface area contributed by atoms with Crippen LogP contribution in [0, 0.1) is 0 Å². The van der Waals surface area contributed by atoms with Gasteiger partial charge in [0.05, 0.1) is 6.54 Å². The molecule has 1 aliphatic heterocycles. The van der Waals surface area contributed by atoms with Crippen LogP contribution in [0.25, 0.3) is 0 Å². The minimum atomic E-state index is -0.150. The predicted molar refractivity (Wildman–Crippen MR) is 53.4 cm³/mol. The number of nitrogens with zero attached hydrogens (tertiary/aromatic N) is 1. The summed E-state index contributed by atoms with van der Waals surface area (Å²) in [6.07, 6.45) is 4.80. The molecule has 0 atom stereocenters. The molecule has 0 aromatic carbocycles. The van der Waals surface area contributed by atoms with Gasteiger partial charge in [-0.25, -0.2) is 0 Å². The Balaban J connectivity index is 2.67. The van der Waals surface area contributed by atoms with Crippen LogP contribution in [-0.4, -0.2) is 30.3 Å². The van der Waals surface area contributed by atoms with Gasteiger partial charge < -0.3 is 10.2 Å². The number of rotatable bonds is 3. The lowest BCUT2D eigenvalue weighted by Gasteiger charge is -2.25. The molecule has 1 heterocycles. The Morgan fingerprint density at radius 2 is 2.21 bits per heavy atom. The number of nitrogens with one attached hydrogen (secondary N) is 1. The smallest absolute Gasteiger partial charge is 0.268 e. The molecule has 0 bridgehead atoms. The molecule has 4 nitrogen and oxygen atoms in total. The van der Waals surface area contributed by atoms with Crippen molar-refractivity contribution in [2.24, 2.45) is 0 Å². The van der Waals surface area contributed by atoms with Gasteiger partial charge in [0.25, 0.3) is 5.91 Å². The van der Waals surface area contributed by atoms with Crippen LogP contribution in [0.4, 0.5) is 0 Å². The van der Waals surface area contributed by atoms with Crippen molar-refractivity contribution in [3.63, 3.8) is 0 Å². The summed E-state index contributed by atoms with van der Waals surface area (Å²) in [5, 5.41) is 2.54. The molecule has 0 unspecified atom stereocenters. The Morgan fingerprint density at radius 3 is 2.86 bits per heavy atom. The third kappa shape index (κ3) is 2.34. The first-order valence-corrected chi connectivity index (χ1v) is 4.91. The highest BCUT2D eigenvalue weighted by atomic mass is 16.2. The summed E-state index contributed by atoms with van der Waals surface area (Å²) in [5.74, 6) is -0.212. The molecule has 1 rings (SSSR count). The number of allylic oxidation sites excluding steroid dienone is 1. The van der Waals surface area contributed by atoms with Gasteiger partial charge in [0, 0.05) is 7.05 Å². The van der Waals surface area contributed by atoms with Crippen molar-refractivity contribution >= 4 is 11.8 Å². The van der Waals surface area contributed by atoms with Gasteiger partial charge in [0.1, 0.15) is 5.70 Å². The summed E-state index contributed by atoms with van der Waals surface area (Å²) >= 11 is 0. The maximum Gasteiger partial charge on any atom is 0.268 e. The minimum absolute atomic E-state index is 0.0626. The topological polar surface area (TPSA) is 49.4 Å². The maximum absolute atomic E-state index is 11.4. The van der Waals surface area contributed by atoms with Crippen LogP contribution in [-0.2, 0) is 9.59 Å². The lowest BCUT2D eigenvalue weighted by molar-refractivity contribution is -0.135. The van der Waals surface area contributed by atoms with Gasteiger partial charge in [-0.3, -0.25) is 9.59 Å². The van der Waals surface area contributed by atoms with Gasteiger partial charge >= 0.3 is 0 Å². The second-order valence-corrected chi connectivity index (χ2v) is 3.37. The molecule has 1 fully saturated rings. The summed E-state index contributed by atoms with van der Waals surface area (Å²) < 4.78 is 0. The van der Waals surface area contributed by atoms with E-state index < -0.39 is 0 Å². The standard InChI is InChI=1S/C10H16N2O2/c1-3-4-5-6-8-10(14)11-7-9(13)12(8)2/h6H,3-5,7H2,1-2H3,(H,11,14)/b8-6-. The zero-order valence-corrected chi connectivity index (χ0v) is 8.67. The number of hydrogen-bond acceptors (Lipinski definition) is 2. The fraction of sp³-hybridized carbons (Fsp3) is 0.600. The van der Waals surface area contributed by atoms with E-state index in [4.69, 9.17) is 0 Å². The Morgan fingerprint density at radius 1 is 1.50 bits per heavy atom. The lowest BCUT2D eigenvalue weighted by atomic mass is 10.2. The number of likely N-dealkylation sites (N-methyl/N-ethyl adjacent to an activating group) is 1. The van der Waals surface area contributed by atoms with Crippen molar-refractivity contribution in [2.45, 2.75) is 26.2 Å². The maximum atomic E-state index is 11.4. The Bertz CT molecular complexity index is 271. The molecule has 0 aromatic heterocycles. The Kier molecular flexibility index (Phi) is 3.68. The molecule has 1 N–H and O–H groups in total. The van der Waals surface area contributed by atoms with Crippen molar-refractivity contribution in [3.05, 3.63) is 11.8 Å². The van der Waals surface area contributed by atoms with Gasteiger partial charge in [-0.1, -0.05) is 19.4 Å². The Labute approximate surface area is 84.0 Å². The van der Waals surface area contributed by atoms with Gasteiger partial charge in [-0.2, -0.15) is 0 Å². The van der Waals surface area contributed by atoms with E-state index in [-0.39, 0.29) is 18.4 Å². The molecule has 0 saturated carbocycles. The lowest BCUT2D eigenvalue weighted by Crippen LogP contribution is -2.47. The molecule has 2 amide bonds. The summed E-state index contributed by atoms with van der Waals surface area (Å²) in [5.41, 5.74) is 0.481. The van der Waals surface area contributed by atoms with Crippen molar-refractivity contribution in [2.75, 3.05) is 13.6 Å². The van der Waals surface area contributed by atoms with Gasteiger partial charge in [0.2, 0.25) is 5.91 Å². The van der Waals surface area contributed by atoms with Gasteiger partial charge in [-0.15, -0.1) is 0 Å². The summed E-state index contributed by atoms with van der Waals surface area (Å²) in [6.45, 7) is 2.20. The SMILES string of the molecule is CCCC/C=C1/C(=O)NCC(=O)N1C. The van der Waals surface area contributed by atoms with E-state index in [1.165, 1.54) is 4.90 Å². The van der Waals surface area contributed by atoms with Crippen LogP contribution >= 0.6 is 0 Å². The number of amides is 2. The number of carbonyl (C=O) groups excluding carboxylic acids is 2. The quantitative estimate of drug-likeness (QED) is 0.532. The molecule has 0 aliphatic carbocycles. The molecule has 0 aromatic rings. The van der Waals surface area contributed by atoms with Gasteiger partial charge in [0.15, 0.2) is 0 Å². The monoisotopic (exact) mass is 196 g/mol. The molecule has 14 heavy (non-hydrogen) atoms. The van der Waals surface area contributed by atoms with Crippen LogP contribution < -0.4 is 5.32 Å². The highest BCUT2D eigenvalue weighted by Gasteiger charge is 2.24. The first-order valence-electron chi connectivity index (χ1n) is 4.91. The van der Waals surface area contributed by atoms with Crippen LogP contribution in [0.1, 0.15) is 26.2 Å². The molecule has 0 radical (unpaired) electrons. The fourth-order valence-corrected chi connectivity index (χ4v) is 1.32. The van der Waals surface area contributed by atoms with Crippen LogP contribution in [0.5, 0.6) is 0 Å². The van der Waals surface area contributed by atoms with Crippen molar-refractivity contribution < 1.29 is 9.59 Å².